The van der Waals surface area contributed by atoms with Crippen LogP contribution in [0.2, 0.25) is 0 Å². The quantitative estimate of drug-likeness (QED) is 0.612. The molecule has 0 saturated heterocycles. The van der Waals surface area contributed by atoms with Crippen LogP contribution in [0.5, 0.6) is 17.2 Å². The number of hydrogen-bond acceptors (Lipinski definition) is 5. The number of amides is 1. The van der Waals surface area contributed by atoms with Gasteiger partial charge in [0.1, 0.15) is 5.75 Å². The minimum absolute atomic E-state index is 0.327. The molecule has 0 aliphatic heterocycles. The van der Waals surface area contributed by atoms with E-state index in [9.17, 15) is 4.79 Å². The van der Waals surface area contributed by atoms with Gasteiger partial charge in [0.2, 0.25) is 0 Å². The van der Waals surface area contributed by atoms with Crippen molar-refractivity contribution in [1.82, 2.24) is 4.57 Å². The maximum atomic E-state index is 12.8. The summed E-state index contributed by atoms with van der Waals surface area (Å²) in [7, 11) is 6.67. The van der Waals surface area contributed by atoms with E-state index in [0.29, 0.717) is 21.9 Å². The average Bonchev–Trinajstić information content (AvgIpc) is 3.08. The molecular formula is C22H24N2O4S. The summed E-state index contributed by atoms with van der Waals surface area (Å²) in [5, 5.41) is 0. The van der Waals surface area contributed by atoms with Gasteiger partial charge in [-0.1, -0.05) is 6.92 Å². The van der Waals surface area contributed by atoms with E-state index in [2.05, 4.69) is 11.9 Å². The molecule has 1 heterocycles. The van der Waals surface area contributed by atoms with Gasteiger partial charge in [0.15, 0.2) is 16.3 Å². The molecule has 152 valence electrons. The molecule has 29 heavy (non-hydrogen) atoms. The molecule has 3 aromatic rings. The monoisotopic (exact) mass is 412 g/mol. The van der Waals surface area contributed by atoms with Gasteiger partial charge in [-0.05, 0) is 54.4 Å². The highest BCUT2D eigenvalue weighted by atomic mass is 32.1. The van der Waals surface area contributed by atoms with Crippen LogP contribution in [0.1, 0.15) is 22.2 Å². The number of thiazole rings is 1. The second kappa shape index (κ2) is 8.96. The van der Waals surface area contributed by atoms with Crippen molar-refractivity contribution in [3.05, 3.63) is 57.7 Å². The van der Waals surface area contributed by atoms with Crippen LogP contribution in [0.25, 0.3) is 11.3 Å². The molecule has 0 unspecified atom stereocenters. The zero-order chi connectivity index (χ0) is 21.0. The Morgan fingerprint density at radius 2 is 1.69 bits per heavy atom. The number of nitrogens with zero attached hydrogens (tertiary/aromatic N) is 2. The fourth-order valence-corrected chi connectivity index (χ4v) is 4.14. The molecule has 1 aromatic heterocycles. The second-order valence-corrected chi connectivity index (χ2v) is 7.35. The summed E-state index contributed by atoms with van der Waals surface area (Å²) >= 11 is 1.52. The van der Waals surface area contributed by atoms with E-state index in [1.165, 1.54) is 18.4 Å². The molecule has 0 aliphatic rings. The Labute approximate surface area is 174 Å². The largest absolute Gasteiger partial charge is 0.497 e. The molecule has 0 saturated carbocycles. The number of benzene rings is 2. The van der Waals surface area contributed by atoms with Crippen molar-refractivity contribution < 1.29 is 19.0 Å². The third kappa shape index (κ3) is 4.19. The lowest BCUT2D eigenvalue weighted by atomic mass is 10.1. The van der Waals surface area contributed by atoms with Crippen molar-refractivity contribution in [2.45, 2.75) is 13.3 Å². The molecule has 7 heteroatoms. The van der Waals surface area contributed by atoms with Gasteiger partial charge in [0.05, 0.1) is 27.0 Å². The number of aryl methyl sites for hydroxylation is 1. The number of carbonyl (C=O) groups is 1. The van der Waals surface area contributed by atoms with Crippen molar-refractivity contribution in [3.8, 4) is 28.5 Å². The maximum absolute atomic E-state index is 12.8. The first kappa shape index (κ1) is 20.7. The summed E-state index contributed by atoms with van der Waals surface area (Å²) in [5.41, 5.74) is 2.56. The van der Waals surface area contributed by atoms with Gasteiger partial charge in [-0.25, -0.2) is 0 Å². The van der Waals surface area contributed by atoms with Crippen LogP contribution in [0.4, 0.5) is 0 Å². The van der Waals surface area contributed by atoms with E-state index in [1.807, 2.05) is 35.9 Å². The molecule has 0 spiro atoms. The lowest BCUT2D eigenvalue weighted by molar-refractivity contribution is 0.0997. The molecule has 6 nitrogen and oxygen atoms in total. The van der Waals surface area contributed by atoms with E-state index < -0.39 is 0 Å². The van der Waals surface area contributed by atoms with Crippen molar-refractivity contribution >= 4 is 17.2 Å². The molecule has 0 bridgehead atoms. The first-order valence-corrected chi connectivity index (χ1v) is 9.98. The van der Waals surface area contributed by atoms with Gasteiger partial charge in [-0.15, -0.1) is 11.3 Å². The molecule has 0 atom stereocenters. The molecular weight excluding hydrogens is 388 g/mol. The van der Waals surface area contributed by atoms with Crippen molar-refractivity contribution in [2.24, 2.45) is 12.0 Å². The number of rotatable bonds is 6. The van der Waals surface area contributed by atoms with Gasteiger partial charge >= 0.3 is 0 Å². The van der Waals surface area contributed by atoms with Crippen LogP contribution in [-0.2, 0) is 13.5 Å². The van der Waals surface area contributed by atoms with Crippen LogP contribution in [0.3, 0.4) is 0 Å². The van der Waals surface area contributed by atoms with Gasteiger partial charge in [0, 0.05) is 17.5 Å². The van der Waals surface area contributed by atoms with Gasteiger partial charge in [0.25, 0.3) is 5.91 Å². The van der Waals surface area contributed by atoms with E-state index in [4.69, 9.17) is 14.2 Å². The van der Waals surface area contributed by atoms with Crippen LogP contribution in [0, 0.1) is 0 Å². The van der Waals surface area contributed by atoms with E-state index in [-0.39, 0.29) is 5.91 Å². The van der Waals surface area contributed by atoms with Gasteiger partial charge in [-0.2, -0.15) is 4.99 Å². The Morgan fingerprint density at radius 3 is 2.28 bits per heavy atom. The molecule has 0 aliphatic carbocycles. The Morgan fingerprint density at radius 1 is 1.00 bits per heavy atom. The van der Waals surface area contributed by atoms with Crippen molar-refractivity contribution in [3.63, 3.8) is 0 Å². The van der Waals surface area contributed by atoms with E-state index in [0.717, 1.165) is 28.3 Å². The van der Waals surface area contributed by atoms with Crippen LogP contribution >= 0.6 is 11.3 Å². The van der Waals surface area contributed by atoms with Crippen molar-refractivity contribution in [1.29, 1.82) is 0 Å². The third-order valence-electron chi connectivity index (χ3n) is 4.61. The average molecular weight is 413 g/mol. The molecule has 0 N–H and O–H groups in total. The zero-order valence-corrected chi connectivity index (χ0v) is 18.0. The summed E-state index contributed by atoms with van der Waals surface area (Å²) in [6.07, 6.45) is 0.847. The Kier molecular flexibility index (Phi) is 6.39. The van der Waals surface area contributed by atoms with Crippen LogP contribution < -0.4 is 19.0 Å². The minimum atomic E-state index is -0.327. The van der Waals surface area contributed by atoms with Crippen LogP contribution in [0.15, 0.2) is 47.5 Å². The van der Waals surface area contributed by atoms with Crippen LogP contribution in [-0.4, -0.2) is 31.8 Å². The standard InChI is InChI=1S/C22H24N2O4S/c1-6-19-20(14-7-10-16(26-3)11-8-14)24(2)22(29-19)23-21(25)15-9-12-17(27-4)18(13-15)28-5/h7-13H,6H2,1-5H3. The fourth-order valence-electron chi connectivity index (χ4n) is 3.07. The lowest BCUT2D eigenvalue weighted by Gasteiger charge is -2.08. The number of methoxy groups -OCH3 is 3. The molecule has 0 fully saturated rings. The highest BCUT2D eigenvalue weighted by Gasteiger charge is 2.15. The fraction of sp³-hybridized carbons (Fsp3) is 0.273. The van der Waals surface area contributed by atoms with Gasteiger partial charge < -0.3 is 18.8 Å². The third-order valence-corrected chi connectivity index (χ3v) is 5.89. The van der Waals surface area contributed by atoms with E-state index in [1.54, 1.807) is 32.4 Å². The topological polar surface area (TPSA) is 62.0 Å². The predicted molar refractivity (Wildman–Crippen MR) is 114 cm³/mol. The number of carbonyl (C=O) groups excluding carboxylic acids is 1. The molecule has 1 amide bonds. The smallest absolute Gasteiger partial charge is 0.279 e. The van der Waals surface area contributed by atoms with Gasteiger partial charge in [-0.3, -0.25) is 4.79 Å². The minimum Gasteiger partial charge on any atom is -0.497 e. The second-order valence-electron chi connectivity index (χ2n) is 6.28. The zero-order valence-electron chi connectivity index (χ0n) is 17.2. The number of ether oxygens (including phenoxy) is 3. The number of hydrogen-bond donors (Lipinski definition) is 0. The summed E-state index contributed by atoms with van der Waals surface area (Å²) in [6, 6.07) is 12.9. The summed E-state index contributed by atoms with van der Waals surface area (Å²) < 4.78 is 17.7. The highest BCUT2D eigenvalue weighted by molar-refractivity contribution is 7.09. The summed E-state index contributed by atoms with van der Waals surface area (Å²) in [6.45, 7) is 2.10. The molecule has 0 radical (unpaired) electrons. The lowest BCUT2D eigenvalue weighted by Crippen LogP contribution is -2.14. The number of aromatic nitrogens is 1. The normalized spacial score (nSPS) is 11.4. The first-order chi connectivity index (χ1) is 14.0. The predicted octanol–water partition coefficient (Wildman–Crippen LogP) is 4.08. The SMILES string of the molecule is CCc1sc(=NC(=O)c2ccc(OC)c(OC)c2)n(C)c1-c1ccc(OC)cc1. The first-order valence-electron chi connectivity index (χ1n) is 9.16. The Bertz CT molecular complexity index is 1080. The Hall–Kier alpha value is -3.06. The maximum Gasteiger partial charge on any atom is 0.279 e. The molecule has 2 aromatic carbocycles. The molecule has 3 rings (SSSR count). The Balaban J connectivity index is 2.03. The highest BCUT2D eigenvalue weighted by Crippen LogP contribution is 2.29. The summed E-state index contributed by atoms with van der Waals surface area (Å²) in [4.78, 5) is 19.0. The van der Waals surface area contributed by atoms with E-state index >= 15 is 0 Å². The summed E-state index contributed by atoms with van der Waals surface area (Å²) in [5.74, 6) is 1.54. The van der Waals surface area contributed by atoms with Crippen molar-refractivity contribution in [2.75, 3.05) is 21.3 Å².